The van der Waals surface area contributed by atoms with Gasteiger partial charge in [-0.15, -0.1) is 0 Å². The Morgan fingerprint density at radius 2 is 1.07 bits per heavy atom. The number of hydrogen-bond donors (Lipinski definition) is 2. The number of rotatable bonds is 8. The van der Waals surface area contributed by atoms with E-state index in [0.717, 1.165) is 0 Å². The molecule has 0 aliphatic carbocycles. The van der Waals surface area contributed by atoms with Gasteiger partial charge < -0.3 is 29.2 Å². The van der Waals surface area contributed by atoms with E-state index in [0.29, 0.717) is 22.3 Å². The lowest BCUT2D eigenvalue weighted by Gasteiger charge is -2.07. The number of cyclic esters (lactones) is 2. The number of aliphatic carboxylic acids is 2. The van der Waals surface area contributed by atoms with Crippen LogP contribution >= 0.6 is 0 Å². The molecule has 2 aromatic rings. The number of carbonyl (C=O) groups is 6. The molecule has 2 N–H and O–H groups in total. The zero-order chi connectivity index (χ0) is 32.6. The number of carboxylic acids is 2. The van der Waals surface area contributed by atoms with Crippen LogP contribution in [0.3, 0.4) is 0 Å². The molecule has 0 atom stereocenters. The number of hydrogen-bond acceptors (Lipinski definition) is 12. The fraction of sp³-hybridized carbons (Fsp3) is 0.200. The van der Waals surface area contributed by atoms with E-state index in [-0.39, 0.29) is 47.5 Å². The van der Waals surface area contributed by atoms with Crippen molar-refractivity contribution in [3.63, 3.8) is 0 Å². The lowest BCUT2D eigenvalue weighted by Crippen LogP contribution is -2.05. The summed E-state index contributed by atoms with van der Waals surface area (Å²) in [5.74, 6) is -3.43. The van der Waals surface area contributed by atoms with Crippen LogP contribution in [0, 0.1) is 0 Å². The molecule has 44 heavy (non-hydrogen) atoms. The van der Waals surface area contributed by atoms with E-state index in [4.69, 9.17) is 29.2 Å². The van der Waals surface area contributed by atoms with Gasteiger partial charge in [0.15, 0.2) is 23.2 Å². The van der Waals surface area contributed by atoms with Gasteiger partial charge in [-0.3, -0.25) is 19.2 Å². The molecule has 0 unspecified atom stereocenters. The summed E-state index contributed by atoms with van der Waals surface area (Å²) >= 11 is 0. The van der Waals surface area contributed by atoms with E-state index in [1.165, 1.54) is 57.2 Å². The SMILES string of the molecule is CC(=O)Oc1cc(C=C2N=C(C)OC2=O)cc(OC(C)=O)c1.CC1=N/C(=C\c2cc(CC(=O)O)cc(CC(=O)O)c2)C(=O)O1. The summed E-state index contributed by atoms with van der Waals surface area (Å²) in [5, 5.41) is 17.7. The van der Waals surface area contributed by atoms with Crippen molar-refractivity contribution in [2.24, 2.45) is 9.98 Å². The van der Waals surface area contributed by atoms with Crippen molar-refractivity contribution in [2.75, 3.05) is 0 Å². The Morgan fingerprint density at radius 1 is 0.682 bits per heavy atom. The number of carbonyl (C=O) groups excluding carboxylic acids is 4. The van der Waals surface area contributed by atoms with Gasteiger partial charge in [0.1, 0.15) is 11.5 Å². The Labute approximate surface area is 249 Å². The second-order valence-electron chi connectivity index (χ2n) is 9.25. The molecule has 0 spiro atoms. The zero-order valence-corrected chi connectivity index (χ0v) is 23.9. The Hall–Kier alpha value is -5.92. The maximum Gasteiger partial charge on any atom is 0.363 e. The monoisotopic (exact) mass is 606 g/mol. The molecule has 0 aromatic heterocycles. The Kier molecular flexibility index (Phi) is 10.6. The first kappa shape index (κ1) is 32.6. The van der Waals surface area contributed by atoms with Crippen molar-refractivity contribution >= 4 is 59.8 Å². The largest absolute Gasteiger partial charge is 0.481 e. The molecule has 14 heteroatoms. The van der Waals surface area contributed by atoms with Crippen LogP contribution in [-0.4, -0.2) is 57.8 Å². The maximum absolute atomic E-state index is 11.5. The van der Waals surface area contributed by atoms with Crippen molar-refractivity contribution in [1.29, 1.82) is 0 Å². The molecule has 0 fully saturated rings. The van der Waals surface area contributed by atoms with Crippen molar-refractivity contribution in [3.05, 3.63) is 70.0 Å². The van der Waals surface area contributed by atoms with E-state index in [1.54, 1.807) is 19.1 Å². The van der Waals surface area contributed by atoms with Crippen LogP contribution in [0.4, 0.5) is 0 Å². The van der Waals surface area contributed by atoms with Gasteiger partial charge in [-0.25, -0.2) is 19.6 Å². The first-order chi connectivity index (χ1) is 20.7. The minimum Gasteiger partial charge on any atom is -0.481 e. The van der Waals surface area contributed by atoms with Crippen LogP contribution in [0.2, 0.25) is 0 Å². The van der Waals surface area contributed by atoms with Gasteiger partial charge in [0.2, 0.25) is 0 Å². The topological polar surface area (TPSA) is 205 Å². The van der Waals surface area contributed by atoms with Crippen molar-refractivity contribution in [1.82, 2.24) is 0 Å². The Morgan fingerprint density at radius 3 is 1.39 bits per heavy atom. The van der Waals surface area contributed by atoms with E-state index in [9.17, 15) is 28.8 Å². The van der Waals surface area contributed by atoms with E-state index >= 15 is 0 Å². The highest BCUT2D eigenvalue weighted by Gasteiger charge is 2.21. The molecule has 0 bridgehead atoms. The number of ether oxygens (including phenoxy) is 4. The molecule has 228 valence electrons. The van der Waals surface area contributed by atoms with Crippen LogP contribution < -0.4 is 9.47 Å². The molecule has 14 nitrogen and oxygen atoms in total. The normalized spacial score (nSPS) is 15.5. The average Bonchev–Trinajstić information content (AvgIpc) is 3.35. The van der Waals surface area contributed by atoms with Crippen LogP contribution in [-0.2, 0) is 51.1 Å². The maximum atomic E-state index is 11.5. The average molecular weight is 607 g/mol. The summed E-state index contributed by atoms with van der Waals surface area (Å²) in [6.07, 6.45) is 2.40. The summed E-state index contributed by atoms with van der Waals surface area (Å²) in [5.41, 5.74) is 2.06. The van der Waals surface area contributed by atoms with Gasteiger partial charge in [-0.05, 0) is 46.5 Å². The van der Waals surface area contributed by atoms with E-state index in [2.05, 4.69) is 9.98 Å². The van der Waals surface area contributed by atoms with Crippen molar-refractivity contribution in [2.45, 2.75) is 40.5 Å². The van der Waals surface area contributed by atoms with Crippen LogP contribution in [0.25, 0.3) is 12.2 Å². The van der Waals surface area contributed by atoms with E-state index in [1.807, 2.05) is 0 Å². The summed E-state index contributed by atoms with van der Waals surface area (Å²) in [6.45, 7) is 5.59. The van der Waals surface area contributed by atoms with Crippen LogP contribution in [0.1, 0.15) is 49.9 Å². The third kappa shape index (κ3) is 10.2. The number of esters is 4. The smallest absolute Gasteiger partial charge is 0.363 e. The van der Waals surface area contributed by atoms with Gasteiger partial charge in [0.05, 0.1) is 12.8 Å². The number of nitrogens with zero attached hydrogens (tertiary/aromatic N) is 2. The highest BCUT2D eigenvalue weighted by molar-refractivity contribution is 6.07. The molecule has 4 rings (SSSR count). The third-order valence-corrected chi connectivity index (χ3v) is 5.27. The molecular weight excluding hydrogens is 580 g/mol. The quantitative estimate of drug-likeness (QED) is 0.253. The summed E-state index contributed by atoms with van der Waals surface area (Å²) < 4.78 is 19.6. The van der Waals surface area contributed by atoms with Crippen LogP contribution in [0.5, 0.6) is 11.5 Å². The second kappa shape index (κ2) is 14.3. The molecule has 2 aliphatic heterocycles. The van der Waals surface area contributed by atoms with Crippen molar-refractivity contribution < 1.29 is 57.9 Å². The molecular formula is C30H26N2O12. The molecule has 2 aliphatic rings. The number of benzene rings is 2. The molecule has 0 saturated carbocycles. The van der Waals surface area contributed by atoms with Crippen LogP contribution in [0.15, 0.2) is 57.8 Å². The predicted octanol–water partition coefficient (Wildman–Crippen LogP) is 3.11. The fourth-order valence-electron chi connectivity index (χ4n) is 3.90. The molecule has 0 radical (unpaired) electrons. The number of carboxylic acid groups (broad SMARTS) is 2. The summed E-state index contributed by atoms with van der Waals surface area (Å²) in [4.78, 5) is 74.7. The minimum absolute atomic E-state index is 0.0891. The molecule has 0 amide bonds. The first-order valence-electron chi connectivity index (χ1n) is 12.7. The van der Waals surface area contributed by atoms with Gasteiger partial charge in [0.25, 0.3) is 0 Å². The van der Waals surface area contributed by atoms with Gasteiger partial charge in [-0.2, -0.15) is 0 Å². The molecule has 2 heterocycles. The minimum atomic E-state index is -1.03. The second-order valence-corrected chi connectivity index (χ2v) is 9.25. The van der Waals surface area contributed by atoms with Crippen molar-refractivity contribution in [3.8, 4) is 11.5 Å². The lowest BCUT2D eigenvalue weighted by atomic mass is 10.0. The fourth-order valence-corrected chi connectivity index (χ4v) is 3.90. The standard InChI is InChI=1S/2C15H13NO6/c1-8-16-14(15(19)20-8)6-11-4-12(21-9(2)17)7-13(5-11)22-10(3)18;1-8-16-12(15(21)22-8)5-9-2-10(6-13(17)18)4-11(3-9)7-14(19)20/h4-7H,1-3H3;2-5H,6-7H2,1H3,(H,17,18)(H,19,20)/b;12-5-. The highest BCUT2D eigenvalue weighted by Crippen LogP contribution is 2.26. The number of aliphatic imine (C=N–C) groups is 2. The van der Waals surface area contributed by atoms with Gasteiger partial charge in [0, 0.05) is 33.8 Å². The van der Waals surface area contributed by atoms with Gasteiger partial charge >= 0.3 is 35.8 Å². The molecule has 0 saturated heterocycles. The Balaban J connectivity index is 0.000000240. The highest BCUT2D eigenvalue weighted by atomic mass is 16.6. The zero-order valence-electron chi connectivity index (χ0n) is 23.9. The summed E-state index contributed by atoms with van der Waals surface area (Å²) in [6, 6.07) is 9.08. The predicted molar refractivity (Wildman–Crippen MR) is 153 cm³/mol. The summed E-state index contributed by atoms with van der Waals surface area (Å²) in [7, 11) is 0. The Bertz CT molecular complexity index is 1490. The first-order valence-corrected chi connectivity index (χ1v) is 12.7. The van der Waals surface area contributed by atoms with Gasteiger partial charge in [-0.1, -0.05) is 18.2 Å². The van der Waals surface area contributed by atoms with E-state index < -0.39 is 35.8 Å². The lowest BCUT2D eigenvalue weighted by molar-refractivity contribution is -0.137. The third-order valence-electron chi connectivity index (χ3n) is 5.27. The molecule has 2 aromatic carbocycles.